The van der Waals surface area contributed by atoms with Crippen LogP contribution in [0, 0.1) is 23.0 Å². The zero-order chi connectivity index (χ0) is 14.7. The first-order valence-electron chi connectivity index (χ1n) is 6.75. The van der Waals surface area contributed by atoms with Gasteiger partial charge < -0.3 is 10.6 Å². The average molecular weight is 277 g/mol. The molecule has 1 aliphatic rings. The van der Waals surface area contributed by atoms with E-state index in [0.29, 0.717) is 17.0 Å². The third-order valence-electron chi connectivity index (χ3n) is 3.64. The minimum absolute atomic E-state index is 0.0477. The van der Waals surface area contributed by atoms with Gasteiger partial charge in [-0.25, -0.2) is 0 Å². The molecule has 2 rings (SSSR count). The number of hydrogen-bond acceptors (Lipinski definition) is 4. The number of nitrogens with one attached hydrogen (secondary N) is 2. The summed E-state index contributed by atoms with van der Waals surface area (Å²) in [5.41, 5.74) is 1.01. The summed E-state index contributed by atoms with van der Waals surface area (Å²) in [6.45, 7) is 5.58. The molecule has 1 saturated heterocycles. The number of nitro benzene ring substituents is 1. The van der Waals surface area contributed by atoms with Crippen LogP contribution in [0.25, 0.3) is 0 Å². The van der Waals surface area contributed by atoms with Crippen molar-refractivity contribution in [3.8, 4) is 0 Å². The van der Waals surface area contributed by atoms with E-state index < -0.39 is 4.92 Å². The van der Waals surface area contributed by atoms with E-state index in [2.05, 4.69) is 17.6 Å². The van der Waals surface area contributed by atoms with Crippen molar-refractivity contribution in [1.29, 1.82) is 0 Å². The standard InChI is InChI=1S/C14H19N3O3/c1-9-5-11(7-12(6-9)17(19)20)14(18)16-13-3-4-15-8-10(13)2/h5-7,10,13,15H,3-4,8H2,1-2H3,(H,16,18). The van der Waals surface area contributed by atoms with Gasteiger partial charge in [-0.1, -0.05) is 6.92 Å². The third kappa shape index (κ3) is 3.33. The molecule has 108 valence electrons. The topological polar surface area (TPSA) is 84.3 Å². The van der Waals surface area contributed by atoms with Gasteiger partial charge in [-0.3, -0.25) is 14.9 Å². The van der Waals surface area contributed by atoms with Crippen LogP contribution in [0.5, 0.6) is 0 Å². The number of hydrogen-bond donors (Lipinski definition) is 2. The Hall–Kier alpha value is -1.95. The van der Waals surface area contributed by atoms with Crippen LogP contribution in [0.15, 0.2) is 18.2 Å². The quantitative estimate of drug-likeness (QED) is 0.649. The Kier molecular flexibility index (Phi) is 4.34. The average Bonchev–Trinajstić information content (AvgIpc) is 2.40. The van der Waals surface area contributed by atoms with Gasteiger partial charge in [0.05, 0.1) is 4.92 Å². The summed E-state index contributed by atoms with van der Waals surface area (Å²) < 4.78 is 0. The van der Waals surface area contributed by atoms with Crippen molar-refractivity contribution in [2.45, 2.75) is 26.3 Å². The van der Waals surface area contributed by atoms with Crippen LogP contribution in [-0.4, -0.2) is 30.0 Å². The largest absolute Gasteiger partial charge is 0.349 e. The van der Waals surface area contributed by atoms with Gasteiger partial charge >= 0.3 is 0 Å². The van der Waals surface area contributed by atoms with E-state index in [4.69, 9.17) is 0 Å². The Morgan fingerprint density at radius 2 is 2.20 bits per heavy atom. The molecule has 1 aromatic rings. The molecule has 0 bridgehead atoms. The predicted molar refractivity (Wildman–Crippen MR) is 75.7 cm³/mol. The van der Waals surface area contributed by atoms with Gasteiger partial charge in [-0.15, -0.1) is 0 Å². The molecule has 0 saturated carbocycles. The lowest BCUT2D eigenvalue weighted by Crippen LogP contribution is -2.48. The molecule has 6 nitrogen and oxygen atoms in total. The number of nitro groups is 1. The van der Waals surface area contributed by atoms with Crippen molar-refractivity contribution >= 4 is 11.6 Å². The van der Waals surface area contributed by atoms with E-state index >= 15 is 0 Å². The Morgan fingerprint density at radius 3 is 2.85 bits per heavy atom. The summed E-state index contributed by atoms with van der Waals surface area (Å²) in [5.74, 6) is 0.114. The molecule has 2 unspecified atom stereocenters. The lowest BCUT2D eigenvalue weighted by Gasteiger charge is -2.30. The van der Waals surface area contributed by atoms with Crippen LogP contribution in [-0.2, 0) is 0 Å². The monoisotopic (exact) mass is 277 g/mol. The molecule has 0 spiro atoms. The molecule has 6 heteroatoms. The first-order chi connectivity index (χ1) is 9.47. The Bertz CT molecular complexity index is 530. The summed E-state index contributed by atoms with van der Waals surface area (Å²) in [5, 5.41) is 17.1. The molecule has 2 atom stereocenters. The minimum atomic E-state index is -0.475. The summed E-state index contributed by atoms with van der Waals surface area (Å²) in [6.07, 6.45) is 0.876. The summed E-state index contributed by atoms with van der Waals surface area (Å²) in [7, 11) is 0. The van der Waals surface area contributed by atoms with E-state index in [-0.39, 0.29) is 17.6 Å². The smallest absolute Gasteiger partial charge is 0.270 e. The number of rotatable bonds is 3. The number of aryl methyl sites for hydroxylation is 1. The fraction of sp³-hybridized carbons (Fsp3) is 0.500. The molecule has 1 heterocycles. The predicted octanol–water partition coefficient (Wildman–Crippen LogP) is 1.63. The van der Waals surface area contributed by atoms with Crippen LogP contribution < -0.4 is 10.6 Å². The van der Waals surface area contributed by atoms with Gasteiger partial charge in [0.25, 0.3) is 11.6 Å². The van der Waals surface area contributed by atoms with Crippen molar-refractivity contribution in [2.75, 3.05) is 13.1 Å². The second-order valence-corrected chi connectivity index (χ2v) is 5.36. The molecule has 0 radical (unpaired) electrons. The van der Waals surface area contributed by atoms with Crippen LogP contribution in [0.4, 0.5) is 5.69 Å². The van der Waals surface area contributed by atoms with E-state index in [9.17, 15) is 14.9 Å². The lowest BCUT2D eigenvalue weighted by atomic mass is 9.95. The number of nitrogens with zero attached hydrogens (tertiary/aromatic N) is 1. The summed E-state index contributed by atoms with van der Waals surface area (Å²) in [6, 6.07) is 4.58. The van der Waals surface area contributed by atoms with Crippen molar-refractivity contribution in [3.05, 3.63) is 39.4 Å². The maximum atomic E-state index is 12.2. The van der Waals surface area contributed by atoms with Crippen LogP contribution in [0.2, 0.25) is 0 Å². The first-order valence-corrected chi connectivity index (χ1v) is 6.75. The highest BCUT2D eigenvalue weighted by Crippen LogP contribution is 2.18. The number of carbonyl (C=O) groups excluding carboxylic acids is 1. The van der Waals surface area contributed by atoms with Gasteiger partial charge in [0, 0.05) is 23.7 Å². The van der Waals surface area contributed by atoms with Gasteiger partial charge in [-0.05, 0) is 44.0 Å². The molecule has 1 fully saturated rings. The molecular weight excluding hydrogens is 258 g/mol. The molecule has 1 amide bonds. The normalized spacial score (nSPS) is 22.3. The van der Waals surface area contributed by atoms with Crippen molar-refractivity contribution < 1.29 is 9.72 Å². The molecular formula is C14H19N3O3. The molecule has 2 N–H and O–H groups in total. The van der Waals surface area contributed by atoms with Gasteiger partial charge in [0.15, 0.2) is 0 Å². The summed E-state index contributed by atoms with van der Waals surface area (Å²) >= 11 is 0. The van der Waals surface area contributed by atoms with Crippen molar-refractivity contribution in [1.82, 2.24) is 10.6 Å². The van der Waals surface area contributed by atoms with Crippen LogP contribution in [0.3, 0.4) is 0 Å². The fourth-order valence-electron chi connectivity index (χ4n) is 2.48. The zero-order valence-corrected chi connectivity index (χ0v) is 11.7. The molecule has 0 aromatic heterocycles. The fourth-order valence-corrected chi connectivity index (χ4v) is 2.48. The number of benzene rings is 1. The van der Waals surface area contributed by atoms with E-state index in [1.807, 2.05) is 0 Å². The Morgan fingerprint density at radius 1 is 1.45 bits per heavy atom. The lowest BCUT2D eigenvalue weighted by molar-refractivity contribution is -0.384. The second kappa shape index (κ2) is 6.00. The van der Waals surface area contributed by atoms with Gasteiger partial charge in [0.1, 0.15) is 0 Å². The highest BCUT2D eigenvalue weighted by Gasteiger charge is 2.23. The zero-order valence-electron chi connectivity index (χ0n) is 11.7. The van der Waals surface area contributed by atoms with Gasteiger partial charge in [0.2, 0.25) is 0 Å². The van der Waals surface area contributed by atoms with Gasteiger partial charge in [-0.2, -0.15) is 0 Å². The van der Waals surface area contributed by atoms with E-state index in [1.165, 1.54) is 12.1 Å². The van der Waals surface area contributed by atoms with Crippen LogP contribution >= 0.6 is 0 Å². The van der Waals surface area contributed by atoms with Crippen molar-refractivity contribution in [2.24, 2.45) is 5.92 Å². The number of piperidine rings is 1. The van der Waals surface area contributed by atoms with Crippen LogP contribution in [0.1, 0.15) is 29.3 Å². The summed E-state index contributed by atoms with van der Waals surface area (Å²) in [4.78, 5) is 22.6. The maximum absolute atomic E-state index is 12.2. The minimum Gasteiger partial charge on any atom is -0.349 e. The number of non-ortho nitro benzene ring substituents is 1. The number of carbonyl (C=O) groups is 1. The van der Waals surface area contributed by atoms with E-state index in [0.717, 1.165) is 19.5 Å². The second-order valence-electron chi connectivity index (χ2n) is 5.36. The number of amides is 1. The molecule has 20 heavy (non-hydrogen) atoms. The SMILES string of the molecule is Cc1cc(C(=O)NC2CCNCC2C)cc([N+](=O)[O-])c1. The third-order valence-corrected chi connectivity index (χ3v) is 3.64. The first kappa shape index (κ1) is 14.5. The maximum Gasteiger partial charge on any atom is 0.270 e. The molecule has 0 aliphatic carbocycles. The Balaban J connectivity index is 2.14. The highest BCUT2D eigenvalue weighted by molar-refractivity contribution is 5.95. The molecule has 1 aromatic carbocycles. The molecule has 1 aliphatic heterocycles. The van der Waals surface area contributed by atoms with E-state index in [1.54, 1.807) is 13.0 Å². The Labute approximate surface area is 117 Å². The highest BCUT2D eigenvalue weighted by atomic mass is 16.6. The van der Waals surface area contributed by atoms with Crippen molar-refractivity contribution in [3.63, 3.8) is 0 Å².